The average Bonchev–Trinajstić information content (AvgIpc) is 3.11. The highest BCUT2D eigenvalue weighted by Crippen LogP contribution is 2.38. The molecule has 3 aliphatic rings. The predicted molar refractivity (Wildman–Crippen MR) is 113 cm³/mol. The summed E-state index contributed by atoms with van der Waals surface area (Å²) in [7, 11) is -0.326. The van der Waals surface area contributed by atoms with Crippen molar-refractivity contribution < 1.29 is 14.0 Å². The standard InChI is InChI=1S/C21H29BN2O3S/c1-20(2)21(3,4)27-22(26-20)15-5-6-18-17(11-15)23-19(28-18)14-7-9-24(10-8-14)16-12-25-13-16/h5-6,11,14,16H,7-10,12-13H2,1-4H3. The molecule has 5 nitrogen and oxygen atoms in total. The number of benzene rings is 1. The van der Waals surface area contributed by atoms with Gasteiger partial charge in [0.25, 0.3) is 0 Å². The lowest BCUT2D eigenvalue weighted by Crippen LogP contribution is -2.51. The summed E-state index contributed by atoms with van der Waals surface area (Å²) in [6.45, 7) is 12.5. The summed E-state index contributed by atoms with van der Waals surface area (Å²) >= 11 is 1.85. The van der Waals surface area contributed by atoms with Crippen LogP contribution in [0.15, 0.2) is 18.2 Å². The minimum Gasteiger partial charge on any atom is -0.399 e. The van der Waals surface area contributed by atoms with Crippen molar-refractivity contribution in [3.63, 3.8) is 0 Å². The Bertz CT molecular complexity index is 856. The molecule has 1 aromatic heterocycles. The first-order valence-electron chi connectivity index (χ1n) is 10.4. The third-order valence-corrected chi connectivity index (χ3v) is 8.17. The van der Waals surface area contributed by atoms with Gasteiger partial charge < -0.3 is 14.0 Å². The molecule has 0 amide bonds. The summed E-state index contributed by atoms with van der Waals surface area (Å²) < 4.78 is 19.0. The van der Waals surface area contributed by atoms with Gasteiger partial charge in [-0.05, 0) is 71.2 Å². The van der Waals surface area contributed by atoms with E-state index in [0.717, 1.165) is 37.3 Å². The number of rotatable bonds is 3. The van der Waals surface area contributed by atoms with Gasteiger partial charge in [-0.1, -0.05) is 6.07 Å². The normalized spacial score (nSPS) is 26.1. The van der Waals surface area contributed by atoms with Gasteiger partial charge in [-0.3, -0.25) is 4.90 Å². The average molecular weight is 400 g/mol. The van der Waals surface area contributed by atoms with Crippen LogP contribution < -0.4 is 5.46 Å². The molecule has 5 rings (SSSR count). The summed E-state index contributed by atoms with van der Waals surface area (Å²) in [5.41, 5.74) is 1.49. The van der Waals surface area contributed by atoms with Crippen molar-refractivity contribution in [3.8, 4) is 0 Å². The van der Waals surface area contributed by atoms with Crippen LogP contribution in [0.2, 0.25) is 0 Å². The molecule has 4 heterocycles. The maximum absolute atomic E-state index is 6.21. The van der Waals surface area contributed by atoms with E-state index in [1.807, 2.05) is 11.3 Å². The van der Waals surface area contributed by atoms with E-state index in [2.05, 4.69) is 50.8 Å². The van der Waals surface area contributed by atoms with Crippen LogP contribution in [0.1, 0.15) is 51.5 Å². The molecule has 0 bridgehead atoms. The molecule has 3 saturated heterocycles. The number of likely N-dealkylation sites (tertiary alicyclic amines) is 1. The Hall–Kier alpha value is -0.985. The number of aromatic nitrogens is 1. The molecule has 0 N–H and O–H groups in total. The highest BCUT2D eigenvalue weighted by atomic mass is 32.1. The molecule has 2 aromatic rings. The van der Waals surface area contributed by atoms with Crippen molar-refractivity contribution in [2.24, 2.45) is 0 Å². The number of hydrogen-bond acceptors (Lipinski definition) is 6. The lowest BCUT2D eigenvalue weighted by molar-refractivity contribution is -0.0712. The van der Waals surface area contributed by atoms with E-state index >= 15 is 0 Å². The molecule has 0 atom stereocenters. The lowest BCUT2D eigenvalue weighted by atomic mass is 9.79. The maximum atomic E-state index is 6.21. The Labute approximate surface area is 171 Å². The third-order valence-electron chi connectivity index (χ3n) is 6.97. The summed E-state index contributed by atoms with van der Waals surface area (Å²) in [5.74, 6) is 0.579. The van der Waals surface area contributed by atoms with Gasteiger partial charge in [0.2, 0.25) is 0 Å². The summed E-state index contributed by atoms with van der Waals surface area (Å²) in [4.78, 5) is 7.60. The van der Waals surface area contributed by atoms with Crippen molar-refractivity contribution >= 4 is 34.1 Å². The fourth-order valence-electron chi connectivity index (χ4n) is 4.21. The molecular weight excluding hydrogens is 371 g/mol. The van der Waals surface area contributed by atoms with Gasteiger partial charge in [-0.15, -0.1) is 11.3 Å². The van der Waals surface area contributed by atoms with Crippen LogP contribution in [0.4, 0.5) is 0 Å². The van der Waals surface area contributed by atoms with Gasteiger partial charge in [0.05, 0.1) is 45.7 Å². The minimum atomic E-state index is -0.326. The number of nitrogens with zero attached hydrogens (tertiary/aromatic N) is 2. The van der Waals surface area contributed by atoms with Crippen LogP contribution in [0, 0.1) is 0 Å². The van der Waals surface area contributed by atoms with Crippen LogP contribution in [0.25, 0.3) is 10.2 Å². The van der Waals surface area contributed by atoms with Crippen molar-refractivity contribution in [1.29, 1.82) is 0 Å². The first kappa shape index (κ1) is 19.0. The zero-order chi connectivity index (χ0) is 19.5. The maximum Gasteiger partial charge on any atom is 0.494 e. The molecule has 0 aliphatic carbocycles. The molecule has 0 saturated carbocycles. The first-order chi connectivity index (χ1) is 13.3. The van der Waals surface area contributed by atoms with E-state index in [4.69, 9.17) is 19.0 Å². The van der Waals surface area contributed by atoms with E-state index in [1.165, 1.54) is 22.5 Å². The van der Waals surface area contributed by atoms with Crippen LogP contribution in [-0.4, -0.2) is 60.5 Å². The highest BCUT2D eigenvalue weighted by Gasteiger charge is 2.51. The van der Waals surface area contributed by atoms with Crippen LogP contribution in [-0.2, 0) is 14.0 Å². The third kappa shape index (κ3) is 3.21. The largest absolute Gasteiger partial charge is 0.494 e. The van der Waals surface area contributed by atoms with Crippen LogP contribution in [0.3, 0.4) is 0 Å². The highest BCUT2D eigenvalue weighted by molar-refractivity contribution is 7.18. The number of hydrogen-bond donors (Lipinski definition) is 0. The van der Waals surface area contributed by atoms with E-state index in [0.29, 0.717) is 12.0 Å². The molecule has 28 heavy (non-hydrogen) atoms. The molecule has 0 spiro atoms. The van der Waals surface area contributed by atoms with Crippen molar-refractivity contribution in [3.05, 3.63) is 23.2 Å². The van der Waals surface area contributed by atoms with Gasteiger partial charge in [0, 0.05) is 5.92 Å². The van der Waals surface area contributed by atoms with E-state index in [9.17, 15) is 0 Å². The molecule has 150 valence electrons. The Morgan fingerprint density at radius 3 is 2.36 bits per heavy atom. The zero-order valence-corrected chi connectivity index (χ0v) is 18.1. The predicted octanol–water partition coefficient (Wildman–Crippen LogP) is 3.17. The summed E-state index contributed by atoms with van der Waals surface area (Å²) in [6, 6.07) is 7.11. The van der Waals surface area contributed by atoms with Crippen molar-refractivity contribution in [1.82, 2.24) is 9.88 Å². The second kappa shape index (κ2) is 6.78. The smallest absolute Gasteiger partial charge is 0.399 e. The number of piperidine rings is 1. The van der Waals surface area contributed by atoms with E-state index in [-0.39, 0.29) is 18.3 Å². The second-order valence-electron chi connectivity index (χ2n) is 9.37. The molecule has 3 aliphatic heterocycles. The molecule has 3 fully saturated rings. The van der Waals surface area contributed by atoms with Gasteiger partial charge in [0.15, 0.2) is 0 Å². The molecule has 7 heteroatoms. The summed E-state index contributed by atoms with van der Waals surface area (Å²) in [5, 5.41) is 1.28. The van der Waals surface area contributed by atoms with Gasteiger partial charge >= 0.3 is 7.12 Å². The molecular formula is C21H29BN2O3S. The van der Waals surface area contributed by atoms with Gasteiger partial charge in [-0.2, -0.15) is 0 Å². The number of thiazole rings is 1. The Balaban J connectivity index is 1.32. The number of ether oxygens (including phenoxy) is 1. The van der Waals surface area contributed by atoms with E-state index in [1.54, 1.807) is 0 Å². The van der Waals surface area contributed by atoms with Crippen LogP contribution >= 0.6 is 11.3 Å². The summed E-state index contributed by atoms with van der Waals surface area (Å²) in [6.07, 6.45) is 2.39. The fourth-order valence-corrected chi connectivity index (χ4v) is 5.33. The SMILES string of the molecule is CC1(C)OB(c2ccc3sc(C4CCN(C5COC5)CC4)nc3c2)OC1(C)C. The number of fused-ring (bicyclic) bond motifs is 1. The van der Waals surface area contributed by atoms with Gasteiger partial charge in [0.1, 0.15) is 0 Å². The fraction of sp³-hybridized carbons (Fsp3) is 0.667. The lowest BCUT2D eigenvalue weighted by Gasteiger charge is -2.41. The molecule has 1 aromatic carbocycles. The topological polar surface area (TPSA) is 43.8 Å². The van der Waals surface area contributed by atoms with Crippen molar-refractivity contribution in [2.75, 3.05) is 26.3 Å². The quantitative estimate of drug-likeness (QED) is 0.741. The zero-order valence-electron chi connectivity index (χ0n) is 17.2. The Morgan fingerprint density at radius 1 is 1.07 bits per heavy atom. The van der Waals surface area contributed by atoms with E-state index < -0.39 is 0 Å². The Kier molecular flexibility index (Phi) is 4.60. The van der Waals surface area contributed by atoms with Gasteiger partial charge in [-0.25, -0.2) is 4.98 Å². The second-order valence-corrected chi connectivity index (χ2v) is 10.4. The Morgan fingerprint density at radius 2 is 1.75 bits per heavy atom. The molecule has 0 unspecified atom stereocenters. The molecule has 0 radical (unpaired) electrons. The first-order valence-corrected chi connectivity index (χ1v) is 11.2. The monoisotopic (exact) mass is 400 g/mol. The van der Waals surface area contributed by atoms with Crippen LogP contribution in [0.5, 0.6) is 0 Å². The minimum absolute atomic E-state index is 0.320. The van der Waals surface area contributed by atoms with Crippen molar-refractivity contribution in [2.45, 2.75) is 63.7 Å².